The number of Topliss-reactive ketones (excluding diaryl/α,β-unsaturated/α-hetero) is 1. The van der Waals surface area contributed by atoms with E-state index in [4.69, 9.17) is 0 Å². The van der Waals surface area contributed by atoms with Crippen molar-refractivity contribution in [3.05, 3.63) is 39.7 Å². The summed E-state index contributed by atoms with van der Waals surface area (Å²) in [6.45, 7) is 13.4. The van der Waals surface area contributed by atoms with Crippen molar-refractivity contribution in [1.82, 2.24) is 24.5 Å². The first-order chi connectivity index (χ1) is 18.3. The van der Waals surface area contributed by atoms with Gasteiger partial charge in [-0.1, -0.05) is 13.8 Å². The summed E-state index contributed by atoms with van der Waals surface area (Å²) < 4.78 is 1.91. The zero-order chi connectivity index (χ0) is 26.3. The van der Waals surface area contributed by atoms with Crippen LogP contribution in [0.2, 0.25) is 0 Å². The Bertz CT molecular complexity index is 1560. The normalized spacial score (nSPS) is 23.9. The first-order valence-corrected chi connectivity index (χ1v) is 15.3. The van der Waals surface area contributed by atoms with E-state index in [0.29, 0.717) is 23.7 Å². The Labute approximate surface area is 228 Å². The number of nitrogens with zero attached hydrogens (tertiary/aromatic N) is 4. The number of carbonyl (C=O) groups is 1. The number of aryl methyl sites for hydroxylation is 2. The number of hydrogen-bond donors (Lipinski definition) is 1. The molecule has 4 aromatic heterocycles. The van der Waals surface area contributed by atoms with Gasteiger partial charge in [-0.2, -0.15) is 5.10 Å². The van der Waals surface area contributed by atoms with E-state index in [1.165, 1.54) is 69.4 Å². The number of pyridine rings is 1. The average Bonchev–Trinajstić information content (AvgIpc) is 3.64. The second-order valence-electron chi connectivity index (χ2n) is 12.7. The summed E-state index contributed by atoms with van der Waals surface area (Å²) in [5.74, 6) is 1.61. The molecule has 0 unspecified atom stereocenters. The second kappa shape index (κ2) is 8.75. The molecule has 6 nitrogen and oxygen atoms in total. The van der Waals surface area contributed by atoms with Crippen molar-refractivity contribution in [1.29, 1.82) is 0 Å². The lowest BCUT2D eigenvalue weighted by atomic mass is 9.74. The lowest BCUT2D eigenvalue weighted by Gasteiger charge is -2.52. The Morgan fingerprint density at radius 3 is 2.53 bits per heavy atom. The maximum atomic E-state index is 12.4. The maximum Gasteiger partial charge on any atom is 0.158 e. The molecule has 38 heavy (non-hydrogen) atoms. The minimum absolute atomic E-state index is 0.0420. The van der Waals surface area contributed by atoms with Crippen molar-refractivity contribution < 1.29 is 4.79 Å². The van der Waals surface area contributed by atoms with Gasteiger partial charge in [-0.3, -0.25) is 9.69 Å². The molecular weight excluding hydrogens is 490 g/mol. The van der Waals surface area contributed by atoms with E-state index in [9.17, 15) is 4.79 Å². The number of nitrogens with one attached hydrogen (secondary N) is 1. The van der Waals surface area contributed by atoms with Crippen molar-refractivity contribution in [3.8, 4) is 11.3 Å². The molecule has 1 aliphatic heterocycles. The molecule has 7 rings (SSSR count). The van der Waals surface area contributed by atoms with Gasteiger partial charge in [-0.05, 0) is 93.4 Å². The molecule has 3 fully saturated rings. The molecule has 7 heteroatoms. The third-order valence-electron chi connectivity index (χ3n) is 10.2. The summed E-state index contributed by atoms with van der Waals surface area (Å²) >= 11 is 1.99. The third kappa shape index (κ3) is 3.50. The second-order valence-corrected chi connectivity index (χ2v) is 13.7. The Hall–Kier alpha value is -2.51. The number of hydrogen-bond acceptors (Lipinski definition) is 5. The van der Waals surface area contributed by atoms with E-state index in [1.807, 2.05) is 15.9 Å². The van der Waals surface area contributed by atoms with E-state index in [-0.39, 0.29) is 5.41 Å². The highest BCUT2D eigenvalue weighted by atomic mass is 32.1. The van der Waals surface area contributed by atoms with Crippen LogP contribution in [0.5, 0.6) is 0 Å². The van der Waals surface area contributed by atoms with Gasteiger partial charge in [-0.25, -0.2) is 9.50 Å². The predicted octanol–water partition coefficient (Wildman–Crippen LogP) is 7.07. The fourth-order valence-corrected chi connectivity index (χ4v) is 9.30. The topological polar surface area (TPSA) is 66.3 Å². The summed E-state index contributed by atoms with van der Waals surface area (Å²) in [4.78, 5) is 26.2. The fraction of sp³-hybridized carbons (Fsp3) is 0.581. The number of rotatable bonds is 4. The third-order valence-corrected chi connectivity index (χ3v) is 11.5. The van der Waals surface area contributed by atoms with Crippen molar-refractivity contribution in [2.24, 2.45) is 5.41 Å². The van der Waals surface area contributed by atoms with Gasteiger partial charge >= 0.3 is 0 Å². The highest BCUT2D eigenvalue weighted by Gasteiger charge is 2.52. The molecule has 4 aromatic rings. The van der Waals surface area contributed by atoms with Gasteiger partial charge in [-0.15, -0.1) is 11.3 Å². The van der Waals surface area contributed by atoms with E-state index in [1.54, 1.807) is 11.2 Å². The average molecular weight is 530 g/mol. The van der Waals surface area contributed by atoms with Crippen LogP contribution in [0.3, 0.4) is 0 Å². The highest BCUT2D eigenvalue weighted by molar-refractivity contribution is 7.19. The van der Waals surface area contributed by atoms with E-state index in [2.05, 4.69) is 60.8 Å². The van der Waals surface area contributed by atoms with Gasteiger partial charge in [0, 0.05) is 47.6 Å². The predicted molar refractivity (Wildman–Crippen MR) is 154 cm³/mol. The standard InChI is InChI=1S/C31H39N5OS/c1-17(2)25-26-20(5)28(21-8-10-22(11-9-21)35-14-31(15-35)12-6-7-24(31)37)38-30(26)34-27(25)23-13-36-29(32-16-33-36)19(4)18(23)3/h13,16-17,21-22,34H,6-12,14-15H2,1-5H3. The lowest BCUT2D eigenvalue weighted by Crippen LogP contribution is -2.62. The van der Waals surface area contributed by atoms with Gasteiger partial charge in [0.1, 0.15) is 16.9 Å². The van der Waals surface area contributed by atoms with Gasteiger partial charge in [0.15, 0.2) is 5.65 Å². The summed E-state index contributed by atoms with van der Waals surface area (Å²) in [7, 11) is 0. The first-order valence-electron chi connectivity index (χ1n) is 14.5. The number of likely N-dealkylation sites (tertiary alicyclic amines) is 1. The Morgan fingerprint density at radius 1 is 1.08 bits per heavy atom. The van der Waals surface area contributed by atoms with Crippen molar-refractivity contribution in [3.63, 3.8) is 0 Å². The van der Waals surface area contributed by atoms with Crippen molar-refractivity contribution in [2.45, 2.75) is 97.4 Å². The number of aromatic amines is 1. The van der Waals surface area contributed by atoms with Crippen molar-refractivity contribution >= 4 is 33.0 Å². The highest BCUT2D eigenvalue weighted by Crippen LogP contribution is 2.49. The molecule has 1 saturated heterocycles. The molecule has 1 N–H and O–H groups in total. The van der Waals surface area contributed by atoms with E-state index in [0.717, 1.165) is 38.0 Å². The zero-order valence-corrected chi connectivity index (χ0v) is 24.2. The summed E-state index contributed by atoms with van der Waals surface area (Å²) in [5, 5.41) is 5.88. The number of ketones is 1. The van der Waals surface area contributed by atoms with Gasteiger partial charge in [0.2, 0.25) is 0 Å². The Balaban J connectivity index is 1.16. The molecule has 0 radical (unpaired) electrons. The molecule has 0 amide bonds. The number of thiophene rings is 1. The van der Waals surface area contributed by atoms with Crippen molar-refractivity contribution in [2.75, 3.05) is 13.1 Å². The number of carbonyl (C=O) groups excluding carboxylic acids is 1. The van der Waals surface area contributed by atoms with Crippen LogP contribution < -0.4 is 0 Å². The van der Waals surface area contributed by atoms with Crippen LogP contribution in [-0.2, 0) is 4.79 Å². The van der Waals surface area contributed by atoms with Crippen LogP contribution in [0.4, 0.5) is 0 Å². The summed E-state index contributed by atoms with van der Waals surface area (Å²) in [5.41, 5.74) is 8.81. The molecule has 0 bridgehead atoms. The lowest BCUT2D eigenvalue weighted by molar-refractivity contribution is -0.138. The van der Waals surface area contributed by atoms with Gasteiger partial charge < -0.3 is 4.98 Å². The number of H-pyrrole nitrogens is 1. The minimum atomic E-state index is 0.0420. The van der Waals surface area contributed by atoms with Crippen LogP contribution in [0.15, 0.2) is 12.5 Å². The quantitative estimate of drug-likeness (QED) is 0.307. The zero-order valence-electron chi connectivity index (χ0n) is 23.4. The molecule has 0 aromatic carbocycles. The van der Waals surface area contributed by atoms with E-state index >= 15 is 0 Å². The molecule has 3 aliphatic rings. The monoisotopic (exact) mass is 529 g/mol. The number of aromatic nitrogens is 4. The molecule has 200 valence electrons. The van der Waals surface area contributed by atoms with E-state index < -0.39 is 0 Å². The van der Waals surface area contributed by atoms with Crippen LogP contribution in [-0.4, -0.2) is 49.4 Å². The molecule has 5 heterocycles. The van der Waals surface area contributed by atoms with Gasteiger partial charge in [0.05, 0.1) is 11.1 Å². The fourth-order valence-electron chi connectivity index (χ4n) is 7.90. The molecule has 1 spiro atoms. The first kappa shape index (κ1) is 24.5. The van der Waals surface area contributed by atoms with Crippen LogP contribution in [0.25, 0.3) is 27.1 Å². The van der Waals surface area contributed by atoms with Crippen LogP contribution in [0.1, 0.15) is 97.8 Å². The number of fused-ring (bicyclic) bond motifs is 2. The van der Waals surface area contributed by atoms with Crippen LogP contribution in [0, 0.1) is 26.2 Å². The summed E-state index contributed by atoms with van der Waals surface area (Å²) in [6, 6.07) is 0.672. The molecule has 0 atom stereocenters. The molecule has 2 aliphatic carbocycles. The van der Waals surface area contributed by atoms with Gasteiger partial charge in [0.25, 0.3) is 0 Å². The molecule has 2 saturated carbocycles. The maximum absolute atomic E-state index is 12.4. The SMILES string of the molecule is Cc1c(-c2[nH]c3sc(C4CCC(N5CC6(CCCC6=O)C5)CC4)c(C)c3c2C(C)C)cn2ncnc2c1C. The smallest absolute Gasteiger partial charge is 0.158 e. The Morgan fingerprint density at radius 2 is 1.84 bits per heavy atom. The largest absolute Gasteiger partial charge is 0.346 e. The minimum Gasteiger partial charge on any atom is -0.346 e. The molecular formula is C31H39N5OS. The summed E-state index contributed by atoms with van der Waals surface area (Å²) in [6.07, 6.45) is 11.9. The Kier molecular flexibility index (Phi) is 5.65. The van der Waals surface area contributed by atoms with Crippen LogP contribution >= 0.6 is 11.3 Å².